The number of hydrogen-bond acceptors (Lipinski definition) is 2. The third-order valence-corrected chi connectivity index (χ3v) is 2.86. The predicted molar refractivity (Wildman–Crippen MR) is 52.9 cm³/mol. The van der Waals surface area contributed by atoms with Gasteiger partial charge in [0.1, 0.15) is 11.0 Å². The van der Waals surface area contributed by atoms with Crippen molar-refractivity contribution in [2.45, 2.75) is 33.1 Å². The molecule has 70 valence electrons. The van der Waals surface area contributed by atoms with Gasteiger partial charge in [-0.2, -0.15) is 0 Å². The molecule has 0 amide bonds. The van der Waals surface area contributed by atoms with Gasteiger partial charge in [0, 0.05) is 11.6 Å². The minimum absolute atomic E-state index is 0.372. The summed E-state index contributed by atoms with van der Waals surface area (Å²) in [6.07, 6.45) is 1.17. The van der Waals surface area contributed by atoms with Crippen molar-refractivity contribution >= 4 is 11.6 Å². The van der Waals surface area contributed by atoms with Crippen LogP contribution < -0.4 is 0 Å². The maximum atomic E-state index is 5.86. The molecule has 0 aromatic carbocycles. The topological polar surface area (TPSA) is 25.8 Å². The highest BCUT2D eigenvalue weighted by Crippen LogP contribution is 2.57. The molecule has 0 N–H and O–H groups in total. The van der Waals surface area contributed by atoms with E-state index >= 15 is 0 Å². The van der Waals surface area contributed by atoms with Gasteiger partial charge in [0.25, 0.3) is 0 Å². The SMILES string of the molecule is Cc1cc(Cl)nc(C2CC2(C)C)n1. The Kier molecular flexibility index (Phi) is 1.84. The normalized spacial score (nSPS) is 24.5. The van der Waals surface area contributed by atoms with Gasteiger partial charge in [-0.05, 0) is 24.8 Å². The summed E-state index contributed by atoms with van der Waals surface area (Å²) in [7, 11) is 0. The van der Waals surface area contributed by atoms with E-state index in [0.29, 0.717) is 16.5 Å². The van der Waals surface area contributed by atoms with E-state index in [2.05, 4.69) is 23.8 Å². The highest BCUT2D eigenvalue weighted by atomic mass is 35.5. The Morgan fingerprint density at radius 3 is 2.54 bits per heavy atom. The van der Waals surface area contributed by atoms with Crippen LogP contribution in [-0.4, -0.2) is 9.97 Å². The van der Waals surface area contributed by atoms with Crippen LogP contribution in [0.15, 0.2) is 6.07 Å². The van der Waals surface area contributed by atoms with Crippen LogP contribution in [0.2, 0.25) is 5.15 Å². The van der Waals surface area contributed by atoms with Gasteiger partial charge in [0.05, 0.1) is 0 Å². The molecule has 2 nitrogen and oxygen atoms in total. The van der Waals surface area contributed by atoms with Gasteiger partial charge in [-0.15, -0.1) is 0 Å². The zero-order valence-electron chi connectivity index (χ0n) is 8.13. The van der Waals surface area contributed by atoms with Gasteiger partial charge in [-0.1, -0.05) is 25.4 Å². The minimum Gasteiger partial charge on any atom is -0.238 e. The summed E-state index contributed by atoms with van der Waals surface area (Å²) in [5.74, 6) is 1.42. The fraction of sp³-hybridized carbons (Fsp3) is 0.600. The quantitative estimate of drug-likeness (QED) is 0.646. The third-order valence-electron chi connectivity index (χ3n) is 2.67. The molecular formula is C10H13ClN2. The molecular weight excluding hydrogens is 184 g/mol. The Morgan fingerprint density at radius 1 is 1.46 bits per heavy atom. The summed E-state index contributed by atoms with van der Waals surface area (Å²) in [5.41, 5.74) is 1.33. The highest BCUT2D eigenvalue weighted by molar-refractivity contribution is 6.29. The number of halogens is 1. The van der Waals surface area contributed by atoms with E-state index in [1.165, 1.54) is 6.42 Å². The molecule has 3 heteroatoms. The van der Waals surface area contributed by atoms with Crippen molar-refractivity contribution in [3.8, 4) is 0 Å². The first-order valence-corrected chi connectivity index (χ1v) is 4.88. The average molecular weight is 197 g/mol. The van der Waals surface area contributed by atoms with Crippen LogP contribution in [0.3, 0.4) is 0 Å². The van der Waals surface area contributed by atoms with Crippen molar-refractivity contribution in [1.29, 1.82) is 0 Å². The number of aryl methyl sites for hydroxylation is 1. The van der Waals surface area contributed by atoms with Crippen LogP contribution in [0, 0.1) is 12.3 Å². The summed E-state index contributed by atoms with van der Waals surface area (Å²) in [6, 6.07) is 1.79. The molecule has 0 spiro atoms. The number of nitrogens with zero attached hydrogens (tertiary/aromatic N) is 2. The van der Waals surface area contributed by atoms with Crippen molar-refractivity contribution < 1.29 is 0 Å². The fourth-order valence-electron chi connectivity index (χ4n) is 1.62. The zero-order valence-corrected chi connectivity index (χ0v) is 8.89. The van der Waals surface area contributed by atoms with Gasteiger partial charge in [-0.3, -0.25) is 0 Å². The maximum Gasteiger partial charge on any atom is 0.133 e. The smallest absolute Gasteiger partial charge is 0.133 e. The maximum absolute atomic E-state index is 5.86. The summed E-state index contributed by atoms with van der Waals surface area (Å²) in [6.45, 7) is 6.42. The van der Waals surface area contributed by atoms with Crippen LogP contribution in [0.5, 0.6) is 0 Å². The van der Waals surface area contributed by atoms with E-state index in [1.54, 1.807) is 6.07 Å². The molecule has 1 unspecified atom stereocenters. The molecule has 1 aliphatic rings. The molecule has 1 fully saturated rings. The molecule has 1 heterocycles. The second-order valence-corrected chi connectivity index (χ2v) is 4.82. The standard InChI is InChI=1S/C10H13ClN2/c1-6-4-8(11)13-9(12-6)7-5-10(7,2)3/h4,7H,5H2,1-3H3. The van der Waals surface area contributed by atoms with Crippen molar-refractivity contribution in [3.05, 3.63) is 22.7 Å². The van der Waals surface area contributed by atoms with E-state index in [9.17, 15) is 0 Å². The lowest BCUT2D eigenvalue weighted by Gasteiger charge is -2.03. The van der Waals surface area contributed by atoms with Crippen molar-refractivity contribution in [1.82, 2.24) is 9.97 Å². The van der Waals surface area contributed by atoms with Gasteiger partial charge in [0.2, 0.25) is 0 Å². The monoisotopic (exact) mass is 196 g/mol. The second-order valence-electron chi connectivity index (χ2n) is 4.44. The minimum atomic E-state index is 0.372. The van der Waals surface area contributed by atoms with Crippen LogP contribution >= 0.6 is 11.6 Å². The van der Waals surface area contributed by atoms with Crippen molar-refractivity contribution in [2.24, 2.45) is 5.41 Å². The largest absolute Gasteiger partial charge is 0.238 e. The Labute approximate surface area is 83.4 Å². The first-order chi connectivity index (χ1) is 5.99. The van der Waals surface area contributed by atoms with Crippen molar-refractivity contribution in [2.75, 3.05) is 0 Å². The van der Waals surface area contributed by atoms with Crippen LogP contribution in [0.4, 0.5) is 0 Å². The molecule has 0 bridgehead atoms. The van der Waals surface area contributed by atoms with E-state index in [-0.39, 0.29) is 0 Å². The summed E-state index contributed by atoms with van der Waals surface area (Å²) in [5, 5.41) is 0.560. The second kappa shape index (κ2) is 2.68. The number of rotatable bonds is 1. The molecule has 0 radical (unpaired) electrons. The predicted octanol–water partition coefficient (Wildman–Crippen LogP) is 2.95. The van der Waals surface area contributed by atoms with Gasteiger partial charge in [-0.25, -0.2) is 9.97 Å². The number of aromatic nitrogens is 2. The molecule has 0 aliphatic heterocycles. The van der Waals surface area contributed by atoms with Gasteiger partial charge < -0.3 is 0 Å². The highest BCUT2D eigenvalue weighted by Gasteiger charge is 2.48. The third kappa shape index (κ3) is 1.68. The Balaban J connectivity index is 2.32. The lowest BCUT2D eigenvalue weighted by molar-refractivity contribution is 0.607. The van der Waals surface area contributed by atoms with E-state index in [4.69, 9.17) is 11.6 Å². The molecule has 1 aromatic rings. The lowest BCUT2D eigenvalue weighted by atomic mass is 10.1. The summed E-state index contributed by atoms with van der Waals surface area (Å²) < 4.78 is 0. The first kappa shape index (κ1) is 8.95. The molecule has 1 aliphatic carbocycles. The van der Waals surface area contributed by atoms with Crippen LogP contribution in [0.1, 0.15) is 37.7 Å². The molecule has 1 atom stereocenters. The molecule has 0 saturated heterocycles. The fourth-order valence-corrected chi connectivity index (χ4v) is 1.86. The summed E-state index contributed by atoms with van der Waals surface area (Å²) in [4.78, 5) is 8.64. The van der Waals surface area contributed by atoms with Crippen molar-refractivity contribution in [3.63, 3.8) is 0 Å². The Bertz CT molecular complexity index is 327. The molecule has 13 heavy (non-hydrogen) atoms. The number of hydrogen-bond donors (Lipinski definition) is 0. The van der Waals surface area contributed by atoms with E-state index < -0.39 is 0 Å². The first-order valence-electron chi connectivity index (χ1n) is 4.50. The Morgan fingerprint density at radius 2 is 2.08 bits per heavy atom. The molecule has 2 rings (SSSR count). The Hall–Kier alpha value is -0.630. The molecule has 1 saturated carbocycles. The summed E-state index contributed by atoms with van der Waals surface area (Å²) >= 11 is 5.86. The van der Waals surface area contributed by atoms with E-state index in [1.807, 2.05) is 6.92 Å². The van der Waals surface area contributed by atoms with E-state index in [0.717, 1.165) is 11.5 Å². The van der Waals surface area contributed by atoms with Crippen LogP contribution in [0.25, 0.3) is 0 Å². The zero-order chi connectivity index (χ0) is 9.64. The van der Waals surface area contributed by atoms with Gasteiger partial charge in [0.15, 0.2) is 0 Å². The lowest BCUT2D eigenvalue weighted by Crippen LogP contribution is -1.98. The van der Waals surface area contributed by atoms with Crippen LogP contribution in [-0.2, 0) is 0 Å². The molecule has 1 aromatic heterocycles. The van der Waals surface area contributed by atoms with Gasteiger partial charge >= 0.3 is 0 Å². The average Bonchev–Trinajstić information content (AvgIpc) is 2.57.